The number of carbonyl (C=O) groups is 1. The van der Waals surface area contributed by atoms with E-state index in [4.69, 9.17) is 5.73 Å². The van der Waals surface area contributed by atoms with E-state index in [9.17, 15) is 18.0 Å². The molecule has 0 aromatic heterocycles. The Morgan fingerprint density at radius 2 is 1.81 bits per heavy atom. The molecule has 0 heterocycles. The van der Waals surface area contributed by atoms with Gasteiger partial charge in [0, 0.05) is 24.0 Å². The van der Waals surface area contributed by atoms with Crippen molar-refractivity contribution in [3.63, 3.8) is 0 Å². The van der Waals surface area contributed by atoms with Gasteiger partial charge in [-0.25, -0.2) is 0 Å². The quantitative estimate of drug-likeness (QED) is 0.816. The van der Waals surface area contributed by atoms with Gasteiger partial charge in [-0.1, -0.05) is 48.9 Å². The molecule has 2 aliphatic carbocycles. The van der Waals surface area contributed by atoms with Gasteiger partial charge in [0.25, 0.3) is 0 Å². The molecule has 0 aliphatic heterocycles. The molecule has 1 aromatic rings. The predicted molar refractivity (Wildman–Crippen MR) is 99.7 cm³/mol. The van der Waals surface area contributed by atoms with Crippen LogP contribution in [0.5, 0.6) is 0 Å². The summed E-state index contributed by atoms with van der Waals surface area (Å²) >= 11 is 0. The predicted octanol–water partition coefficient (Wildman–Crippen LogP) is 4.53. The zero-order valence-corrected chi connectivity index (χ0v) is 15.6. The molecule has 2 saturated carbocycles. The van der Waals surface area contributed by atoms with Crippen LogP contribution in [0, 0.1) is 5.92 Å². The van der Waals surface area contributed by atoms with Crippen molar-refractivity contribution in [2.24, 2.45) is 11.7 Å². The molecule has 148 valence electrons. The smallest absolute Gasteiger partial charge is 0.328 e. The number of rotatable bonds is 5. The maximum absolute atomic E-state index is 13.2. The highest BCUT2D eigenvalue weighted by molar-refractivity contribution is 5.83. The van der Waals surface area contributed by atoms with E-state index in [1.54, 1.807) is 0 Å². The summed E-state index contributed by atoms with van der Waals surface area (Å²) in [6.07, 6.45) is 1.04. The van der Waals surface area contributed by atoms with E-state index < -0.39 is 12.1 Å². The van der Waals surface area contributed by atoms with Crippen LogP contribution in [-0.4, -0.2) is 35.1 Å². The molecule has 3 nitrogen and oxygen atoms in total. The number of alkyl halides is 3. The highest BCUT2D eigenvalue weighted by Crippen LogP contribution is 2.46. The standard InChI is InChI=1S/C21H27F3N2O/c1-2-15(12-14-6-4-3-5-7-14)18-13-19(18)26(20(27)21(22,23)24)17-10-8-16(25)9-11-17/h3-7,12,16-19H,2,8-11,13,25H2,1H3/b15-12+. The Morgan fingerprint density at radius 3 is 2.37 bits per heavy atom. The van der Waals surface area contributed by atoms with Crippen LogP contribution in [-0.2, 0) is 4.79 Å². The van der Waals surface area contributed by atoms with Gasteiger partial charge in [-0.2, -0.15) is 13.2 Å². The molecule has 2 N–H and O–H groups in total. The van der Waals surface area contributed by atoms with Crippen molar-refractivity contribution in [3.05, 3.63) is 41.5 Å². The Morgan fingerprint density at radius 1 is 1.19 bits per heavy atom. The molecule has 0 bridgehead atoms. The number of hydrogen-bond donors (Lipinski definition) is 1. The van der Waals surface area contributed by atoms with Crippen LogP contribution in [0.2, 0.25) is 0 Å². The van der Waals surface area contributed by atoms with Crippen molar-refractivity contribution < 1.29 is 18.0 Å². The average molecular weight is 380 g/mol. The largest absolute Gasteiger partial charge is 0.471 e. The van der Waals surface area contributed by atoms with Crippen molar-refractivity contribution in [1.29, 1.82) is 0 Å². The van der Waals surface area contributed by atoms with Gasteiger partial charge in [-0.3, -0.25) is 4.79 Å². The third-order valence-corrected chi connectivity index (χ3v) is 5.76. The molecular weight excluding hydrogens is 353 g/mol. The lowest BCUT2D eigenvalue weighted by atomic mass is 9.90. The number of nitrogens with zero attached hydrogens (tertiary/aromatic N) is 1. The third kappa shape index (κ3) is 4.72. The van der Waals surface area contributed by atoms with Crippen LogP contribution < -0.4 is 5.73 Å². The Kier molecular flexibility index (Phi) is 5.94. The number of benzene rings is 1. The second kappa shape index (κ2) is 8.05. The molecule has 0 saturated heterocycles. The highest BCUT2D eigenvalue weighted by atomic mass is 19.4. The van der Waals surface area contributed by atoms with Crippen LogP contribution in [0.25, 0.3) is 6.08 Å². The maximum Gasteiger partial charge on any atom is 0.471 e. The van der Waals surface area contributed by atoms with Gasteiger partial charge in [-0.05, 0) is 44.1 Å². The van der Waals surface area contributed by atoms with Crippen molar-refractivity contribution in [2.45, 2.75) is 69.8 Å². The van der Waals surface area contributed by atoms with E-state index >= 15 is 0 Å². The van der Waals surface area contributed by atoms with Crippen molar-refractivity contribution >= 4 is 12.0 Å². The summed E-state index contributed by atoms with van der Waals surface area (Å²) in [6.45, 7) is 2.01. The van der Waals surface area contributed by atoms with Crippen LogP contribution in [0.1, 0.15) is 51.0 Å². The topological polar surface area (TPSA) is 46.3 Å². The minimum atomic E-state index is -4.83. The van der Waals surface area contributed by atoms with Gasteiger partial charge in [0.15, 0.2) is 0 Å². The number of nitrogens with two attached hydrogens (primary N) is 1. The lowest BCUT2D eigenvalue weighted by Gasteiger charge is -2.37. The molecule has 0 spiro atoms. The summed E-state index contributed by atoms with van der Waals surface area (Å²) in [4.78, 5) is 13.3. The van der Waals surface area contributed by atoms with Gasteiger partial charge in [0.05, 0.1) is 0 Å². The number of halogens is 3. The lowest BCUT2D eigenvalue weighted by molar-refractivity contribution is -0.189. The molecule has 2 fully saturated rings. The molecule has 1 aromatic carbocycles. The van der Waals surface area contributed by atoms with Crippen molar-refractivity contribution in [3.8, 4) is 0 Å². The van der Waals surface area contributed by atoms with Gasteiger partial charge >= 0.3 is 12.1 Å². The van der Waals surface area contributed by atoms with E-state index in [1.165, 1.54) is 0 Å². The molecule has 2 atom stereocenters. The van der Waals surface area contributed by atoms with E-state index in [0.717, 1.165) is 22.5 Å². The molecule has 27 heavy (non-hydrogen) atoms. The normalized spacial score (nSPS) is 28.7. The summed E-state index contributed by atoms with van der Waals surface area (Å²) in [5, 5.41) is 0. The van der Waals surface area contributed by atoms with Gasteiger partial charge in [0.2, 0.25) is 0 Å². The van der Waals surface area contributed by atoms with Gasteiger partial charge < -0.3 is 10.6 Å². The van der Waals surface area contributed by atoms with Crippen LogP contribution in [0.4, 0.5) is 13.2 Å². The summed E-state index contributed by atoms with van der Waals surface area (Å²) in [5.41, 5.74) is 8.05. The monoisotopic (exact) mass is 380 g/mol. The Hall–Kier alpha value is -1.82. The first-order valence-corrected chi connectivity index (χ1v) is 9.71. The zero-order valence-electron chi connectivity index (χ0n) is 15.6. The van der Waals surface area contributed by atoms with Crippen LogP contribution in [0.3, 0.4) is 0 Å². The van der Waals surface area contributed by atoms with E-state index in [0.29, 0.717) is 32.1 Å². The van der Waals surface area contributed by atoms with E-state index in [-0.39, 0.29) is 24.0 Å². The van der Waals surface area contributed by atoms with Crippen LogP contribution in [0.15, 0.2) is 35.9 Å². The molecule has 6 heteroatoms. The molecule has 0 radical (unpaired) electrons. The first kappa shape index (κ1) is 19.9. The minimum absolute atomic E-state index is 0.0112. The summed E-state index contributed by atoms with van der Waals surface area (Å²) in [6, 6.07) is 9.09. The minimum Gasteiger partial charge on any atom is -0.328 e. The number of amides is 1. The summed E-state index contributed by atoms with van der Waals surface area (Å²) in [7, 11) is 0. The first-order valence-electron chi connectivity index (χ1n) is 9.71. The highest BCUT2D eigenvalue weighted by Gasteiger charge is 2.54. The SMILES string of the molecule is CC/C(=C\c1ccccc1)C1CC1N(C(=O)C(F)(F)F)C1CCC(N)CC1. The number of carbonyl (C=O) groups excluding carboxylic acids is 1. The second-order valence-electron chi connectivity index (χ2n) is 7.67. The van der Waals surface area contributed by atoms with E-state index in [2.05, 4.69) is 6.08 Å². The molecule has 3 rings (SSSR count). The van der Waals surface area contributed by atoms with Crippen molar-refractivity contribution in [2.75, 3.05) is 0 Å². The summed E-state index contributed by atoms with van der Waals surface area (Å²) < 4.78 is 39.7. The third-order valence-electron chi connectivity index (χ3n) is 5.76. The fourth-order valence-electron chi connectivity index (χ4n) is 4.24. The molecule has 1 amide bonds. The Balaban J connectivity index is 1.79. The lowest BCUT2D eigenvalue weighted by Crippen LogP contribution is -2.51. The summed E-state index contributed by atoms with van der Waals surface area (Å²) in [5.74, 6) is -1.68. The van der Waals surface area contributed by atoms with Crippen molar-refractivity contribution in [1.82, 2.24) is 4.90 Å². The number of hydrogen-bond acceptors (Lipinski definition) is 2. The Bertz CT molecular complexity index is 678. The van der Waals surface area contributed by atoms with Gasteiger partial charge in [0.1, 0.15) is 0 Å². The zero-order chi connectivity index (χ0) is 19.6. The van der Waals surface area contributed by atoms with Crippen LogP contribution >= 0.6 is 0 Å². The first-order chi connectivity index (χ1) is 12.8. The van der Waals surface area contributed by atoms with E-state index in [1.807, 2.05) is 37.3 Å². The van der Waals surface area contributed by atoms with Gasteiger partial charge in [-0.15, -0.1) is 0 Å². The Labute approximate surface area is 158 Å². The average Bonchev–Trinajstić information content (AvgIpc) is 3.41. The molecule has 2 aliphatic rings. The molecule has 2 unspecified atom stereocenters. The molecular formula is C21H27F3N2O. The second-order valence-corrected chi connectivity index (χ2v) is 7.67. The fourth-order valence-corrected chi connectivity index (χ4v) is 4.24. The maximum atomic E-state index is 13.2. The fraction of sp³-hybridized carbons (Fsp3) is 0.571.